The van der Waals surface area contributed by atoms with Gasteiger partial charge in [-0.05, 0) is 36.8 Å². The normalized spacial score (nSPS) is 13.8. The highest BCUT2D eigenvalue weighted by Crippen LogP contribution is 2.19. The number of carbonyl (C=O) groups is 1. The van der Waals surface area contributed by atoms with Crippen LogP contribution in [0.15, 0.2) is 61.1 Å². The van der Waals surface area contributed by atoms with E-state index in [9.17, 15) is 4.79 Å². The van der Waals surface area contributed by atoms with Crippen molar-refractivity contribution in [2.45, 2.75) is 6.92 Å². The molecule has 0 spiro atoms. The highest BCUT2D eigenvalue weighted by Gasteiger charge is 2.22. The van der Waals surface area contributed by atoms with Crippen LogP contribution in [0.4, 0.5) is 17.5 Å². The van der Waals surface area contributed by atoms with Crippen LogP contribution in [-0.4, -0.2) is 58.5 Å². The van der Waals surface area contributed by atoms with E-state index in [1.165, 1.54) is 0 Å². The maximum atomic E-state index is 12.4. The Hall–Kier alpha value is -3.68. The lowest BCUT2D eigenvalue weighted by Gasteiger charge is -2.35. The van der Waals surface area contributed by atoms with E-state index in [1.807, 2.05) is 60.4 Å². The summed E-state index contributed by atoms with van der Waals surface area (Å²) in [5.41, 5.74) is 1.12. The number of benzene rings is 1. The number of anilines is 3. The van der Waals surface area contributed by atoms with Gasteiger partial charge in [0, 0.05) is 38.4 Å². The van der Waals surface area contributed by atoms with Gasteiger partial charge in [0.15, 0.2) is 6.61 Å². The first-order valence-corrected chi connectivity index (χ1v) is 9.90. The molecular weight excluding hydrogens is 380 g/mol. The van der Waals surface area contributed by atoms with E-state index in [-0.39, 0.29) is 12.5 Å². The molecule has 1 fully saturated rings. The lowest BCUT2D eigenvalue weighted by Crippen LogP contribution is -2.50. The number of aryl methyl sites for hydroxylation is 1. The molecule has 1 aromatic carbocycles. The molecule has 0 radical (unpaired) electrons. The van der Waals surface area contributed by atoms with Crippen LogP contribution in [0.3, 0.4) is 0 Å². The van der Waals surface area contributed by atoms with E-state index in [1.54, 1.807) is 12.5 Å². The summed E-state index contributed by atoms with van der Waals surface area (Å²) in [5.74, 6) is 2.96. The van der Waals surface area contributed by atoms with Crippen LogP contribution >= 0.6 is 0 Å². The molecule has 3 aromatic rings. The predicted octanol–water partition coefficient (Wildman–Crippen LogP) is 2.65. The molecule has 4 rings (SSSR count). The Balaban J connectivity index is 1.31. The van der Waals surface area contributed by atoms with Crippen molar-refractivity contribution in [1.29, 1.82) is 0 Å². The van der Waals surface area contributed by atoms with Crippen LogP contribution in [-0.2, 0) is 4.79 Å². The van der Waals surface area contributed by atoms with Gasteiger partial charge in [-0.25, -0.2) is 15.0 Å². The van der Waals surface area contributed by atoms with Gasteiger partial charge in [-0.15, -0.1) is 0 Å². The molecule has 0 saturated carbocycles. The number of carbonyl (C=O) groups excluding carboxylic acids is 1. The molecule has 0 aliphatic carbocycles. The molecule has 8 heteroatoms. The molecule has 1 amide bonds. The highest BCUT2D eigenvalue weighted by atomic mass is 16.5. The Morgan fingerprint density at radius 3 is 2.53 bits per heavy atom. The topological polar surface area (TPSA) is 83.5 Å². The number of hydrogen-bond acceptors (Lipinski definition) is 7. The number of amides is 1. The summed E-state index contributed by atoms with van der Waals surface area (Å²) in [6, 6.07) is 15.2. The lowest BCUT2D eigenvalue weighted by atomic mass is 10.3. The minimum Gasteiger partial charge on any atom is -0.484 e. The van der Waals surface area contributed by atoms with Crippen molar-refractivity contribution >= 4 is 23.4 Å². The number of hydrogen-bond donors (Lipinski definition) is 1. The summed E-state index contributed by atoms with van der Waals surface area (Å²) >= 11 is 0. The first-order chi connectivity index (χ1) is 14.7. The Morgan fingerprint density at radius 1 is 1.00 bits per heavy atom. The summed E-state index contributed by atoms with van der Waals surface area (Å²) in [5, 5.41) is 3.21. The predicted molar refractivity (Wildman–Crippen MR) is 115 cm³/mol. The number of nitrogens with zero attached hydrogens (tertiary/aromatic N) is 5. The molecule has 0 unspecified atom stereocenters. The monoisotopic (exact) mass is 404 g/mol. The average Bonchev–Trinajstić information content (AvgIpc) is 2.78. The lowest BCUT2D eigenvalue weighted by molar-refractivity contribution is -0.133. The van der Waals surface area contributed by atoms with Gasteiger partial charge < -0.3 is 19.9 Å². The van der Waals surface area contributed by atoms with E-state index in [2.05, 4.69) is 25.2 Å². The third-order valence-corrected chi connectivity index (χ3v) is 4.89. The van der Waals surface area contributed by atoms with E-state index in [0.29, 0.717) is 37.7 Å². The maximum absolute atomic E-state index is 12.4. The molecule has 3 heterocycles. The molecular formula is C22H24N6O2. The van der Waals surface area contributed by atoms with Gasteiger partial charge in [-0.3, -0.25) is 4.79 Å². The molecule has 0 bridgehead atoms. The standard InChI is InChI=1S/C22H24N6O2/c1-17-7-8-23-19(13-17)26-20-14-21(25-16-24-20)27-9-11-28(12-10-27)22(29)15-30-18-5-3-2-4-6-18/h2-8,13-14,16H,9-12,15H2,1H3,(H,23,24,25,26). The Labute approximate surface area is 175 Å². The number of nitrogens with one attached hydrogen (secondary N) is 1. The molecule has 154 valence electrons. The minimum absolute atomic E-state index is 0.00549. The van der Waals surface area contributed by atoms with Crippen molar-refractivity contribution in [2.24, 2.45) is 0 Å². The van der Waals surface area contributed by atoms with E-state index in [0.717, 1.165) is 17.2 Å². The van der Waals surface area contributed by atoms with Gasteiger partial charge >= 0.3 is 0 Å². The van der Waals surface area contributed by atoms with Crippen LogP contribution in [0, 0.1) is 6.92 Å². The third kappa shape index (κ3) is 5.02. The third-order valence-electron chi connectivity index (χ3n) is 4.89. The smallest absolute Gasteiger partial charge is 0.260 e. The van der Waals surface area contributed by atoms with Gasteiger partial charge in [0.05, 0.1) is 0 Å². The average molecular weight is 404 g/mol. The second-order valence-electron chi connectivity index (χ2n) is 7.07. The molecule has 2 aromatic heterocycles. The number of pyridine rings is 1. The van der Waals surface area contributed by atoms with Crippen LogP contribution in [0.1, 0.15) is 5.56 Å². The summed E-state index contributed by atoms with van der Waals surface area (Å²) in [7, 11) is 0. The fraction of sp³-hybridized carbons (Fsp3) is 0.273. The molecule has 30 heavy (non-hydrogen) atoms. The van der Waals surface area contributed by atoms with Crippen LogP contribution in [0.2, 0.25) is 0 Å². The largest absolute Gasteiger partial charge is 0.484 e. The summed E-state index contributed by atoms with van der Waals surface area (Å²) in [6.45, 7) is 4.73. The number of para-hydroxylation sites is 1. The second-order valence-corrected chi connectivity index (χ2v) is 7.07. The van der Waals surface area contributed by atoms with E-state index >= 15 is 0 Å². The summed E-state index contributed by atoms with van der Waals surface area (Å²) in [4.78, 5) is 29.4. The maximum Gasteiger partial charge on any atom is 0.260 e. The molecule has 1 saturated heterocycles. The fourth-order valence-electron chi connectivity index (χ4n) is 3.26. The van der Waals surface area contributed by atoms with Gasteiger partial charge in [0.1, 0.15) is 29.5 Å². The van der Waals surface area contributed by atoms with Crippen molar-refractivity contribution in [2.75, 3.05) is 43.0 Å². The Kier molecular flexibility index (Phi) is 6.03. The quantitative estimate of drug-likeness (QED) is 0.676. The first-order valence-electron chi connectivity index (χ1n) is 9.90. The number of rotatable bonds is 6. The zero-order valence-corrected chi connectivity index (χ0v) is 16.9. The van der Waals surface area contributed by atoms with Gasteiger partial charge in [0.25, 0.3) is 5.91 Å². The summed E-state index contributed by atoms with van der Waals surface area (Å²) < 4.78 is 5.57. The first kappa shape index (κ1) is 19.6. The van der Waals surface area contributed by atoms with E-state index in [4.69, 9.17) is 4.74 Å². The zero-order valence-electron chi connectivity index (χ0n) is 16.9. The van der Waals surface area contributed by atoms with E-state index < -0.39 is 0 Å². The molecule has 1 aliphatic rings. The zero-order chi connectivity index (χ0) is 20.8. The van der Waals surface area contributed by atoms with Crippen LogP contribution in [0.25, 0.3) is 0 Å². The SMILES string of the molecule is Cc1ccnc(Nc2cc(N3CCN(C(=O)COc4ccccc4)CC3)ncn2)c1. The molecule has 8 nitrogen and oxygen atoms in total. The summed E-state index contributed by atoms with van der Waals surface area (Å²) in [6.07, 6.45) is 3.30. The van der Waals surface area contributed by atoms with Crippen LogP contribution in [0.5, 0.6) is 5.75 Å². The van der Waals surface area contributed by atoms with Gasteiger partial charge in [0.2, 0.25) is 0 Å². The van der Waals surface area contributed by atoms with Crippen molar-refractivity contribution in [1.82, 2.24) is 19.9 Å². The number of piperazine rings is 1. The number of ether oxygens (including phenoxy) is 1. The molecule has 0 atom stereocenters. The molecule has 1 aliphatic heterocycles. The van der Waals surface area contributed by atoms with Crippen molar-refractivity contribution < 1.29 is 9.53 Å². The Bertz CT molecular complexity index is 990. The highest BCUT2D eigenvalue weighted by molar-refractivity contribution is 5.78. The fourth-order valence-corrected chi connectivity index (χ4v) is 3.26. The second kappa shape index (κ2) is 9.21. The van der Waals surface area contributed by atoms with Gasteiger partial charge in [-0.2, -0.15) is 0 Å². The van der Waals surface area contributed by atoms with Crippen molar-refractivity contribution in [3.63, 3.8) is 0 Å². The van der Waals surface area contributed by atoms with Crippen LogP contribution < -0.4 is 15.0 Å². The number of aromatic nitrogens is 3. The van der Waals surface area contributed by atoms with Gasteiger partial charge in [-0.1, -0.05) is 18.2 Å². The minimum atomic E-state index is -0.00549. The Morgan fingerprint density at radius 2 is 1.77 bits per heavy atom. The van der Waals surface area contributed by atoms with Crippen molar-refractivity contribution in [3.8, 4) is 5.75 Å². The molecule has 1 N–H and O–H groups in total. The van der Waals surface area contributed by atoms with Crippen molar-refractivity contribution in [3.05, 3.63) is 66.6 Å².